The van der Waals surface area contributed by atoms with Gasteiger partial charge in [-0.05, 0) is 97.9 Å². The Morgan fingerprint density at radius 3 is 2.48 bits per heavy atom. The van der Waals surface area contributed by atoms with Crippen LogP contribution in [0.25, 0.3) is 0 Å². The van der Waals surface area contributed by atoms with E-state index in [0.29, 0.717) is 30.3 Å². The zero-order valence-electron chi connectivity index (χ0n) is 16.7. The van der Waals surface area contributed by atoms with Gasteiger partial charge in [0.15, 0.2) is 0 Å². The smallest absolute Gasteiger partial charge is 0.331 e. The Labute approximate surface area is 162 Å². The predicted molar refractivity (Wildman–Crippen MR) is 102 cm³/mol. The predicted octanol–water partition coefficient (Wildman–Crippen LogP) is 3.60. The maximum absolute atomic E-state index is 12.1. The molecule has 0 saturated heterocycles. The van der Waals surface area contributed by atoms with Crippen LogP contribution in [-0.4, -0.2) is 34.5 Å². The quantitative estimate of drug-likeness (QED) is 0.688. The second-order valence-electron chi connectivity index (χ2n) is 10.8. The van der Waals surface area contributed by atoms with Gasteiger partial charge in [-0.2, -0.15) is 0 Å². The van der Waals surface area contributed by atoms with Crippen LogP contribution in [0, 0.1) is 34.5 Å². The molecule has 1 heterocycles. The molecule has 8 atom stereocenters. The number of aliphatic hydroxyl groups excluding tert-OH is 1. The van der Waals surface area contributed by atoms with Gasteiger partial charge in [0.1, 0.15) is 6.61 Å². The number of ether oxygens (including phenoxy) is 1. The lowest BCUT2D eigenvalue weighted by atomic mass is 9.42. The largest absolute Gasteiger partial charge is 0.458 e. The van der Waals surface area contributed by atoms with Gasteiger partial charge in [-0.15, -0.1) is 0 Å². The topological polar surface area (TPSA) is 66.8 Å². The third-order valence-electron chi connectivity index (χ3n) is 9.84. The third kappa shape index (κ3) is 2.38. The van der Waals surface area contributed by atoms with E-state index in [1.165, 1.54) is 0 Å². The SMILES string of the molecule is C[C@]12CC[C@H](O)C[C@H]1CC[C@@]1(O)[C@@H]2CC[C@]2(C)[C@@H](C3=CC(=O)OC3)CC[C@H]21. The molecule has 27 heavy (non-hydrogen) atoms. The van der Waals surface area contributed by atoms with E-state index in [2.05, 4.69) is 13.8 Å². The van der Waals surface area contributed by atoms with Crippen molar-refractivity contribution < 1.29 is 19.7 Å². The van der Waals surface area contributed by atoms with E-state index in [1.807, 2.05) is 0 Å². The molecule has 0 aromatic rings. The highest BCUT2D eigenvalue weighted by atomic mass is 16.5. The van der Waals surface area contributed by atoms with Crippen LogP contribution in [0.1, 0.15) is 71.6 Å². The van der Waals surface area contributed by atoms with Crippen LogP contribution in [0.3, 0.4) is 0 Å². The first-order valence-corrected chi connectivity index (χ1v) is 11.0. The summed E-state index contributed by atoms with van der Waals surface area (Å²) < 4.78 is 5.21. The van der Waals surface area contributed by atoms with Gasteiger partial charge in [-0.1, -0.05) is 13.8 Å². The minimum Gasteiger partial charge on any atom is -0.458 e. The van der Waals surface area contributed by atoms with Crippen molar-refractivity contribution in [2.75, 3.05) is 6.61 Å². The fourth-order valence-electron chi connectivity index (χ4n) is 8.51. The number of cyclic esters (lactones) is 1. The van der Waals surface area contributed by atoms with Crippen molar-refractivity contribution >= 4 is 5.97 Å². The van der Waals surface area contributed by atoms with Crippen molar-refractivity contribution in [3.8, 4) is 0 Å². The molecule has 2 N–H and O–H groups in total. The zero-order valence-corrected chi connectivity index (χ0v) is 16.7. The normalized spacial score (nSPS) is 54.6. The van der Waals surface area contributed by atoms with Crippen molar-refractivity contribution in [2.45, 2.75) is 83.3 Å². The molecule has 0 amide bonds. The number of carbonyl (C=O) groups excluding carboxylic acids is 1. The van der Waals surface area contributed by atoms with Crippen LogP contribution in [0.15, 0.2) is 11.6 Å². The highest BCUT2D eigenvalue weighted by Crippen LogP contribution is 2.69. The van der Waals surface area contributed by atoms with Gasteiger partial charge in [0, 0.05) is 6.08 Å². The second-order valence-corrected chi connectivity index (χ2v) is 10.8. The number of carbonyl (C=O) groups is 1. The van der Waals surface area contributed by atoms with Crippen molar-refractivity contribution in [3.63, 3.8) is 0 Å². The first-order valence-electron chi connectivity index (χ1n) is 11.0. The molecule has 0 unspecified atom stereocenters. The minimum absolute atomic E-state index is 0.0719. The summed E-state index contributed by atoms with van der Waals surface area (Å²) in [5, 5.41) is 22.3. The lowest BCUT2D eigenvalue weighted by Gasteiger charge is -2.64. The fourth-order valence-corrected chi connectivity index (χ4v) is 8.51. The fraction of sp³-hybridized carbons (Fsp3) is 0.870. The van der Waals surface area contributed by atoms with E-state index in [1.54, 1.807) is 6.08 Å². The average molecular weight is 375 g/mol. The van der Waals surface area contributed by atoms with Crippen LogP contribution >= 0.6 is 0 Å². The highest BCUT2D eigenvalue weighted by Gasteiger charge is 2.66. The van der Waals surface area contributed by atoms with E-state index in [0.717, 1.165) is 63.4 Å². The molecule has 4 aliphatic carbocycles. The summed E-state index contributed by atoms with van der Waals surface area (Å²) in [6, 6.07) is 0. The van der Waals surface area contributed by atoms with E-state index in [-0.39, 0.29) is 22.9 Å². The summed E-state index contributed by atoms with van der Waals surface area (Å²) in [5.74, 6) is 1.39. The van der Waals surface area contributed by atoms with E-state index >= 15 is 0 Å². The Balaban J connectivity index is 1.47. The summed E-state index contributed by atoms with van der Waals surface area (Å²) in [6.07, 6.45) is 10.7. The molecule has 5 aliphatic rings. The van der Waals surface area contributed by atoms with Crippen LogP contribution in [0.5, 0.6) is 0 Å². The second kappa shape index (κ2) is 5.82. The molecule has 150 valence electrons. The molecule has 4 saturated carbocycles. The average Bonchev–Trinajstić information content (AvgIpc) is 3.19. The number of fused-ring (bicyclic) bond motifs is 5. The van der Waals surface area contributed by atoms with Crippen LogP contribution in [0.2, 0.25) is 0 Å². The number of esters is 1. The van der Waals surface area contributed by atoms with Crippen LogP contribution < -0.4 is 0 Å². The molecular weight excluding hydrogens is 340 g/mol. The molecule has 0 bridgehead atoms. The summed E-state index contributed by atoms with van der Waals surface area (Å²) >= 11 is 0. The van der Waals surface area contributed by atoms with Gasteiger partial charge in [0.05, 0.1) is 11.7 Å². The van der Waals surface area contributed by atoms with Gasteiger partial charge < -0.3 is 14.9 Å². The highest BCUT2D eigenvalue weighted by molar-refractivity contribution is 5.85. The van der Waals surface area contributed by atoms with Crippen LogP contribution in [-0.2, 0) is 9.53 Å². The summed E-state index contributed by atoms with van der Waals surface area (Å²) in [4.78, 5) is 11.6. The molecule has 4 nitrogen and oxygen atoms in total. The molecule has 1 aliphatic heterocycles. The van der Waals surface area contributed by atoms with Gasteiger partial charge >= 0.3 is 5.97 Å². The Hall–Kier alpha value is -0.870. The Morgan fingerprint density at radius 1 is 1.00 bits per heavy atom. The number of hydrogen-bond donors (Lipinski definition) is 2. The number of hydrogen-bond acceptors (Lipinski definition) is 4. The molecule has 0 spiro atoms. The molecule has 0 aromatic heterocycles. The molecular formula is C23H34O4. The molecule has 4 heteroatoms. The Bertz CT molecular complexity index is 686. The Morgan fingerprint density at radius 2 is 1.74 bits per heavy atom. The summed E-state index contributed by atoms with van der Waals surface area (Å²) in [6.45, 7) is 5.22. The van der Waals surface area contributed by atoms with Crippen molar-refractivity contribution in [2.24, 2.45) is 34.5 Å². The molecule has 0 aromatic carbocycles. The standard InChI is InChI=1S/C23H34O4/c1-21-8-6-16(24)12-15(21)5-10-23(26)18-4-3-17(14-11-20(25)27-13-14)22(18,2)9-7-19(21)23/h11,15-19,24,26H,3-10,12-13H2,1-2H3/t15-,16+,17-,18-,19-,21+,22-,23+/m1/s1. The third-order valence-corrected chi connectivity index (χ3v) is 9.84. The lowest BCUT2D eigenvalue weighted by molar-refractivity contribution is -0.224. The number of rotatable bonds is 1. The minimum atomic E-state index is -0.584. The van der Waals surface area contributed by atoms with Crippen molar-refractivity contribution in [3.05, 3.63) is 11.6 Å². The van der Waals surface area contributed by atoms with E-state index in [9.17, 15) is 15.0 Å². The maximum Gasteiger partial charge on any atom is 0.331 e. The Kier molecular flexibility index (Phi) is 3.92. The summed E-state index contributed by atoms with van der Waals surface area (Å²) in [7, 11) is 0. The maximum atomic E-state index is 12.1. The van der Waals surface area contributed by atoms with Gasteiger partial charge in [-0.25, -0.2) is 4.79 Å². The first-order chi connectivity index (χ1) is 12.8. The van der Waals surface area contributed by atoms with E-state index < -0.39 is 5.60 Å². The molecule has 4 fully saturated rings. The lowest BCUT2D eigenvalue weighted by Crippen LogP contribution is -2.64. The van der Waals surface area contributed by atoms with Crippen molar-refractivity contribution in [1.82, 2.24) is 0 Å². The van der Waals surface area contributed by atoms with Gasteiger partial charge in [0.25, 0.3) is 0 Å². The monoisotopic (exact) mass is 374 g/mol. The van der Waals surface area contributed by atoms with Crippen molar-refractivity contribution in [1.29, 1.82) is 0 Å². The summed E-state index contributed by atoms with van der Waals surface area (Å²) in [5.41, 5.74) is 0.812. The van der Waals surface area contributed by atoms with Gasteiger partial charge in [-0.3, -0.25) is 0 Å². The number of aliphatic hydroxyl groups is 2. The van der Waals surface area contributed by atoms with Crippen LogP contribution in [0.4, 0.5) is 0 Å². The molecule has 5 rings (SSSR count). The molecule has 0 radical (unpaired) electrons. The van der Waals surface area contributed by atoms with Gasteiger partial charge in [0.2, 0.25) is 0 Å². The zero-order chi connectivity index (χ0) is 19.0. The van der Waals surface area contributed by atoms with E-state index in [4.69, 9.17) is 4.74 Å². The first kappa shape index (κ1) is 18.2.